The van der Waals surface area contributed by atoms with Crippen LogP contribution in [0.4, 0.5) is 14.5 Å². The zero-order valence-corrected chi connectivity index (χ0v) is 9.79. The number of benzene rings is 1. The van der Waals surface area contributed by atoms with Crippen molar-refractivity contribution in [3.8, 4) is 0 Å². The Morgan fingerprint density at radius 1 is 1.06 bits per heavy atom. The van der Waals surface area contributed by atoms with Gasteiger partial charge in [0, 0.05) is 6.20 Å². The summed E-state index contributed by atoms with van der Waals surface area (Å²) in [5.74, 6) is -1.74. The van der Waals surface area contributed by atoms with Gasteiger partial charge in [0.05, 0.1) is 11.9 Å². The quantitative estimate of drug-likeness (QED) is 0.929. The number of halogens is 2. The van der Waals surface area contributed by atoms with Gasteiger partial charge in [-0.15, -0.1) is 0 Å². The van der Waals surface area contributed by atoms with Crippen LogP contribution in [-0.2, 0) is 10.0 Å². The molecule has 18 heavy (non-hydrogen) atoms. The molecule has 0 saturated heterocycles. The van der Waals surface area contributed by atoms with Gasteiger partial charge in [-0.25, -0.2) is 17.2 Å². The van der Waals surface area contributed by atoms with E-state index < -0.39 is 26.6 Å². The maximum absolute atomic E-state index is 13.4. The molecule has 0 amide bonds. The van der Waals surface area contributed by atoms with Gasteiger partial charge in [-0.05, 0) is 18.2 Å². The average Bonchev–Trinajstić information content (AvgIpc) is 2.32. The van der Waals surface area contributed by atoms with E-state index in [0.29, 0.717) is 0 Å². The molecule has 0 aliphatic carbocycles. The Morgan fingerprint density at radius 2 is 1.78 bits per heavy atom. The van der Waals surface area contributed by atoms with Crippen molar-refractivity contribution in [3.05, 3.63) is 54.4 Å². The number of nitrogens with zero attached hydrogens (tertiary/aromatic N) is 1. The summed E-state index contributed by atoms with van der Waals surface area (Å²) in [6.07, 6.45) is 2.08. The van der Waals surface area contributed by atoms with Crippen molar-refractivity contribution in [1.82, 2.24) is 4.98 Å². The van der Waals surface area contributed by atoms with Gasteiger partial charge in [-0.1, -0.05) is 12.1 Å². The highest BCUT2D eigenvalue weighted by molar-refractivity contribution is 7.92. The Morgan fingerprint density at radius 3 is 2.44 bits per heavy atom. The van der Waals surface area contributed by atoms with E-state index in [1.165, 1.54) is 18.3 Å². The van der Waals surface area contributed by atoms with Crippen molar-refractivity contribution in [3.63, 3.8) is 0 Å². The fourth-order valence-corrected chi connectivity index (χ4v) is 2.47. The van der Waals surface area contributed by atoms with Crippen molar-refractivity contribution in [2.24, 2.45) is 0 Å². The first-order valence-corrected chi connectivity index (χ1v) is 6.36. The summed E-state index contributed by atoms with van der Waals surface area (Å²) in [6, 6.07) is 5.99. The second kappa shape index (κ2) is 4.69. The lowest BCUT2D eigenvalue weighted by Gasteiger charge is -2.08. The van der Waals surface area contributed by atoms with Crippen LogP contribution in [0.2, 0.25) is 0 Å². The number of nitrogens with one attached hydrogen (secondary N) is 1. The van der Waals surface area contributed by atoms with E-state index >= 15 is 0 Å². The topological polar surface area (TPSA) is 59.1 Å². The van der Waals surface area contributed by atoms with Crippen LogP contribution in [-0.4, -0.2) is 13.4 Å². The molecule has 7 heteroatoms. The lowest BCUT2D eigenvalue weighted by atomic mass is 10.4. The van der Waals surface area contributed by atoms with Crippen molar-refractivity contribution >= 4 is 15.7 Å². The molecule has 1 N–H and O–H groups in total. The third-order valence-corrected chi connectivity index (χ3v) is 3.54. The molecule has 0 bridgehead atoms. The normalized spacial score (nSPS) is 11.2. The monoisotopic (exact) mass is 270 g/mol. The Balaban J connectivity index is 2.40. The maximum Gasteiger partial charge on any atom is 0.264 e. The molecule has 94 valence electrons. The van der Waals surface area contributed by atoms with Crippen LogP contribution in [0.3, 0.4) is 0 Å². The minimum absolute atomic E-state index is 0.284. The van der Waals surface area contributed by atoms with Crippen LogP contribution in [0.5, 0.6) is 0 Å². The summed E-state index contributed by atoms with van der Waals surface area (Å²) in [6.45, 7) is 0. The fourth-order valence-electron chi connectivity index (χ4n) is 1.32. The van der Waals surface area contributed by atoms with Gasteiger partial charge in [-0.3, -0.25) is 9.71 Å². The lowest BCUT2D eigenvalue weighted by Crippen LogP contribution is -2.15. The highest BCUT2D eigenvalue weighted by Gasteiger charge is 2.19. The highest BCUT2D eigenvalue weighted by Crippen LogP contribution is 2.19. The SMILES string of the molecule is O=S(=O)(Nc1ccncc1F)c1ccccc1F. The van der Waals surface area contributed by atoms with Crippen molar-refractivity contribution in [2.75, 3.05) is 4.72 Å². The van der Waals surface area contributed by atoms with Crippen LogP contribution in [0.1, 0.15) is 0 Å². The number of hydrogen-bond acceptors (Lipinski definition) is 3. The van der Waals surface area contributed by atoms with E-state index in [4.69, 9.17) is 0 Å². The molecule has 2 aromatic rings. The minimum Gasteiger partial charge on any atom is -0.276 e. The number of hydrogen-bond donors (Lipinski definition) is 1. The predicted molar refractivity (Wildman–Crippen MR) is 61.4 cm³/mol. The molecule has 2 rings (SSSR count). The fraction of sp³-hybridized carbons (Fsp3) is 0. The molecular weight excluding hydrogens is 262 g/mol. The third kappa shape index (κ3) is 2.45. The first kappa shape index (κ1) is 12.4. The second-order valence-electron chi connectivity index (χ2n) is 3.39. The molecule has 1 aromatic heterocycles. The van der Waals surface area contributed by atoms with Crippen LogP contribution < -0.4 is 4.72 Å². The summed E-state index contributed by atoms with van der Waals surface area (Å²) in [4.78, 5) is 2.94. The van der Waals surface area contributed by atoms with Gasteiger partial charge < -0.3 is 0 Å². The van der Waals surface area contributed by atoms with Gasteiger partial charge in [0.25, 0.3) is 10.0 Å². The molecule has 0 aliphatic heterocycles. The molecule has 0 saturated carbocycles. The Hall–Kier alpha value is -2.02. The number of rotatable bonds is 3. The second-order valence-corrected chi connectivity index (χ2v) is 5.04. The van der Waals surface area contributed by atoms with Gasteiger partial charge in [0.1, 0.15) is 10.7 Å². The van der Waals surface area contributed by atoms with Gasteiger partial charge in [0.2, 0.25) is 0 Å². The predicted octanol–water partition coefficient (Wildman–Crippen LogP) is 2.16. The summed E-state index contributed by atoms with van der Waals surface area (Å²) < 4.78 is 52.3. The molecule has 0 atom stereocenters. The molecule has 0 spiro atoms. The van der Waals surface area contributed by atoms with Crippen LogP contribution in [0.15, 0.2) is 47.6 Å². The average molecular weight is 270 g/mol. The smallest absolute Gasteiger partial charge is 0.264 e. The van der Waals surface area contributed by atoms with Crippen molar-refractivity contribution in [2.45, 2.75) is 4.90 Å². The van der Waals surface area contributed by atoms with Crippen LogP contribution in [0.25, 0.3) is 0 Å². The minimum atomic E-state index is -4.16. The third-order valence-electron chi connectivity index (χ3n) is 2.14. The van der Waals surface area contributed by atoms with E-state index in [1.807, 2.05) is 4.72 Å². The van der Waals surface area contributed by atoms with E-state index in [0.717, 1.165) is 24.4 Å². The first-order chi connectivity index (χ1) is 8.50. The Labute approximate surface area is 102 Å². The molecule has 1 aromatic carbocycles. The molecule has 0 fully saturated rings. The summed E-state index contributed by atoms with van der Waals surface area (Å²) in [7, 11) is -4.16. The molecule has 0 aliphatic rings. The number of aromatic nitrogens is 1. The van der Waals surface area contributed by atoms with E-state index in [9.17, 15) is 17.2 Å². The summed E-state index contributed by atoms with van der Waals surface area (Å²) >= 11 is 0. The lowest BCUT2D eigenvalue weighted by molar-refractivity contribution is 0.569. The molecule has 0 unspecified atom stereocenters. The van der Waals surface area contributed by atoms with Gasteiger partial charge in [0.15, 0.2) is 5.82 Å². The largest absolute Gasteiger partial charge is 0.276 e. The Bertz CT molecular complexity index is 674. The zero-order valence-electron chi connectivity index (χ0n) is 8.97. The first-order valence-electron chi connectivity index (χ1n) is 4.87. The zero-order chi connectivity index (χ0) is 13.2. The highest BCUT2D eigenvalue weighted by atomic mass is 32.2. The van der Waals surface area contributed by atoms with Gasteiger partial charge in [-0.2, -0.15) is 0 Å². The Kier molecular flexibility index (Phi) is 3.24. The summed E-state index contributed by atoms with van der Waals surface area (Å²) in [5, 5.41) is 0. The van der Waals surface area contributed by atoms with E-state index in [1.54, 1.807) is 0 Å². The maximum atomic E-state index is 13.4. The number of pyridine rings is 1. The van der Waals surface area contributed by atoms with E-state index in [-0.39, 0.29) is 5.69 Å². The van der Waals surface area contributed by atoms with Crippen molar-refractivity contribution in [1.29, 1.82) is 0 Å². The van der Waals surface area contributed by atoms with E-state index in [2.05, 4.69) is 4.98 Å². The molecular formula is C11H8F2N2O2S. The molecule has 4 nitrogen and oxygen atoms in total. The van der Waals surface area contributed by atoms with Crippen LogP contribution in [0, 0.1) is 11.6 Å². The molecule has 0 radical (unpaired) electrons. The van der Waals surface area contributed by atoms with Gasteiger partial charge >= 0.3 is 0 Å². The number of sulfonamides is 1. The molecule has 1 heterocycles. The standard InChI is InChI=1S/C11H8F2N2O2S/c12-8-3-1-2-4-11(8)18(16,17)15-10-5-6-14-7-9(10)13/h1-7H,(H,14,15). The van der Waals surface area contributed by atoms with Crippen molar-refractivity contribution < 1.29 is 17.2 Å². The number of anilines is 1. The summed E-state index contributed by atoms with van der Waals surface area (Å²) in [5.41, 5.74) is -0.284. The van der Waals surface area contributed by atoms with Crippen LogP contribution >= 0.6 is 0 Å².